The molecule has 1 N–H and O–H groups in total. The van der Waals surface area contributed by atoms with Gasteiger partial charge in [-0.25, -0.2) is 0 Å². The maximum atomic E-state index is 11.8. The molecular formula is C21H34O3. The first-order valence-electron chi connectivity index (χ1n) is 9.30. The largest absolute Gasteiger partial charge is 0.460 e. The van der Waals surface area contributed by atoms with E-state index in [-0.39, 0.29) is 12.4 Å². The Hall–Kier alpha value is -1.35. The van der Waals surface area contributed by atoms with E-state index in [1.807, 2.05) is 39.0 Å². The van der Waals surface area contributed by atoms with E-state index >= 15 is 0 Å². The number of hydrogen-bond acceptors (Lipinski definition) is 3. The Morgan fingerprint density at radius 3 is 2.46 bits per heavy atom. The number of unbranched alkanes of at least 4 members (excludes halogenated alkanes) is 5. The van der Waals surface area contributed by atoms with Gasteiger partial charge in [0.2, 0.25) is 0 Å². The van der Waals surface area contributed by atoms with Crippen molar-refractivity contribution in [2.45, 2.75) is 90.8 Å². The fraction of sp³-hybridized carbons (Fsp3) is 0.667. The zero-order valence-electron chi connectivity index (χ0n) is 15.8. The number of ether oxygens (including phenoxy) is 1. The van der Waals surface area contributed by atoms with Gasteiger partial charge in [-0.1, -0.05) is 63.3 Å². The van der Waals surface area contributed by atoms with Gasteiger partial charge in [-0.2, -0.15) is 0 Å². The lowest BCUT2D eigenvalue weighted by Gasteiger charge is -2.20. The molecule has 136 valence electrons. The number of aliphatic hydroxyl groups excluding tert-OH is 1. The van der Waals surface area contributed by atoms with Crippen molar-refractivity contribution in [2.24, 2.45) is 0 Å². The molecule has 0 saturated carbocycles. The summed E-state index contributed by atoms with van der Waals surface area (Å²) in [5.74, 6) is -0.365. The minimum absolute atomic E-state index is 0.00224. The van der Waals surface area contributed by atoms with Crippen molar-refractivity contribution in [3.63, 3.8) is 0 Å². The summed E-state index contributed by atoms with van der Waals surface area (Å²) in [7, 11) is 0. The molecule has 0 fully saturated rings. The number of hydrogen-bond donors (Lipinski definition) is 1. The van der Waals surface area contributed by atoms with Crippen LogP contribution in [0, 0.1) is 0 Å². The van der Waals surface area contributed by atoms with E-state index in [4.69, 9.17) is 4.74 Å². The second-order valence-corrected chi connectivity index (χ2v) is 7.57. The third kappa shape index (κ3) is 9.07. The molecule has 0 bridgehead atoms. The number of carbonyl (C=O) groups is 1. The van der Waals surface area contributed by atoms with E-state index in [1.165, 1.54) is 44.1 Å². The van der Waals surface area contributed by atoms with Crippen molar-refractivity contribution in [2.75, 3.05) is 0 Å². The molecule has 3 nitrogen and oxygen atoms in total. The molecule has 3 heteroatoms. The normalized spacial score (nSPS) is 12.9. The quantitative estimate of drug-likeness (QED) is 0.463. The predicted molar refractivity (Wildman–Crippen MR) is 98.9 cm³/mol. The van der Waals surface area contributed by atoms with Crippen LogP contribution in [0.4, 0.5) is 0 Å². The summed E-state index contributed by atoms with van der Waals surface area (Å²) >= 11 is 0. The SMILES string of the molecule is CCCCCCCCc1cccc([C@@H](O)CC(=O)OC(C)(C)C)c1. The van der Waals surface area contributed by atoms with Gasteiger partial charge in [0, 0.05) is 0 Å². The van der Waals surface area contributed by atoms with Crippen LogP contribution in [0.2, 0.25) is 0 Å². The first kappa shape index (κ1) is 20.7. The first-order chi connectivity index (χ1) is 11.3. The van der Waals surface area contributed by atoms with Crippen LogP contribution in [0.3, 0.4) is 0 Å². The number of benzene rings is 1. The zero-order chi connectivity index (χ0) is 18.0. The van der Waals surface area contributed by atoms with Crippen molar-refractivity contribution in [1.29, 1.82) is 0 Å². The van der Waals surface area contributed by atoms with E-state index in [0.29, 0.717) is 0 Å². The van der Waals surface area contributed by atoms with Crippen LogP contribution in [0.15, 0.2) is 24.3 Å². The Balaban J connectivity index is 2.44. The summed E-state index contributed by atoms with van der Waals surface area (Å²) in [5, 5.41) is 10.3. The van der Waals surface area contributed by atoms with Crippen molar-refractivity contribution >= 4 is 5.97 Å². The van der Waals surface area contributed by atoms with Crippen LogP contribution in [0.25, 0.3) is 0 Å². The standard InChI is InChI=1S/C21H34O3/c1-5-6-7-8-9-10-12-17-13-11-14-18(15-17)19(22)16-20(23)24-21(2,3)4/h11,13-15,19,22H,5-10,12,16H2,1-4H3/t19-/m0/s1. The Labute approximate surface area is 147 Å². The predicted octanol–water partition coefficient (Wildman–Crippen LogP) is 5.35. The minimum Gasteiger partial charge on any atom is -0.460 e. The summed E-state index contributed by atoms with van der Waals surface area (Å²) in [5.41, 5.74) is 1.51. The fourth-order valence-electron chi connectivity index (χ4n) is 2.72. The van der Waals surface area contributed by atoms with E-state index in [1.54, 1.807) is 0 Å². The van der Waals surface area contributed by atoms with Crippen LogP contribution in [0.1, 0.15) is 89.9 Å². The maximum Gasteiger partial charge on any atom is 0.309 e. The van der Waals surface area contributed by atoms with Gasteiger partial charge in [0.05, 0.1) is 12.5 Å². The second kappa shape index (κ2) is 10.5. The number of carbonyl (C=O) groups excluding carboxylic acids is 1. The Morgan fingerprint density at radius 1 is 1.12 bits per heavy atom. The first-order valence-corrected chi connectivity index (χ1v) is 9.30. The van der Waals surface area contributed by atoms with E-state index in [2.05, 4.69) is 13.0 Å². The lowest BCUT2D eigenvalue weighted by Crippen LogP contribution is -2.24. The van der Waals surface area contributed by atoms with Gasteiger partial charge in [0.15, 0.2) is 0 Å². The number of aliphatic hydroxyl groups is 1. The summed E-state index contributed by atoms with van der Waals surface area (Å²) in [6.45, 7) is 7.73. The molecule has 0 heterocycles. The van der Waals surface area contributed by atoms with Gasteiger partial charge >= 0.3 is 5.97 Å². The summed E-state index contributed by atoms with van der Waals surface area (Å²) in [6, 6.07) is 7.94. The smallest absolute Gasteiger partial charge is 0.309 e. The van der Waals surface area contributed by atoms with Crippen LogP contribution in [-0.4, -0.2) is 16.7 Å². The molecule has 1 rings (SSSR count). The molecule has 0 aliphatic carbocycles. The number of rotatable bonds is 10. The van der Waals surface area contributed by atoms with Gasteiger partial charge in [0.1, 0.15) is 5.60 Å². The highest BCUT2D eigenvalue weighted by Gasteiger charge is 2.20. The van der Waals surface area contributed by atoms with E-state index in [9.17, 15) is 9.90 Å². The van der Waals surface area contributed by atoms with Crippen LogP contribution in [-0.2, 0) is 16.0 Å². The van der Waals surface area contributed by atoms with Gasteiger partial charge in [-0.3, -0.25) is 4.79 Å². The topological polar surface area (TPSA) is 46.5 Å². The molecule has 1 atom stereocenters. The van der Waals surface area contributed by atoms with Crippen LogP contribution in [0.5, 0.6) is 0 Å². The van der Waals surface area contributed by atoms with Crippen LogP contribution >= 0.6 is 0 Å². The maximum absolute atomic E-state index is 11.8. The molecule has 0 unspecified atom stereocenters. The van der Waals surface area contributed by atoms with Crippen molar-refractivity contribution in [3.05, 3.63) is 35.4 Å². The molecule has 24 heavy (non-hydrogen) atoms. The molecule has 0 aliphatic heterocycles. The molecule has 0 amide bonds. The fourth-order valence-corrected chi connectivity index (χ4v) is 2.72. The van der Waals surface area contributed by atoms with Gasteiger partial charge < -0.3 is 9.84 Å². The van der Waals surface area contributed by atoms with Crippen molar-refractivity contribution in [1.82, 2.24) is 0 Å². The number of aryl methyl sites for hydroxylation is 1. The molecule has 0 aliphatic rings. The monoisotopic (exact) mass is 334 g/mol. The minimum atomic E-state index is -0.802. The van der Waals surface area contributed by atoms with Crippen LogP contribution < -0.4 is 0 Å². The molecule has 0 spiro atoms. The Morgan fingerprint density at radius 2 is 1.79 bits per heavy atom. The van der Waals surface area contributed by atoms with E-state index in [0.717, 1.165) is 12.0 Å². The lowest BCUT2D eigenvalue weighted by atomic mass is 10.00. The summed E-state index contributed by atoms with van der Waals surface area (Å²) in [4.78, 5) is 11.8. The van der Waals surface area contributed by atoms with Crippen molar-refractivity contribution < 1.29 is 14.6 Å². The average Bonchev–Trinajstić information content (AvgIpc) is 2.49. The third-order valence-electron chi connectivity index (χ3n) is 3.93. The zero-order valence-corrected chi connectivity index (χ0v) is 15.8. The summed E-state index contributed by atoms with van der Waals surface area (Å²) in [6.07, 6.45) is 7.88. The molecule has 1 aromatic carbocycles. The number of esters is 1. The Kier molecular flexibility index (Phi) is 9.05. The van der Waals surface area contributed by atoms with Gasteiger partial charge in [-0.05, 0) is 44.7 Å². The molecule has 0 saturated heterocycles. The molecule has 0 aromatic heterocycles. The van der Waals surface area contributed by atoms with Gasteiger partial charge in [-0.15, -0.1) is 0 Å². The Bertz CT molecular complexity index is 488. The third-order valence-corrected chi connectivity index (χ3v) is 3.93. The highest BCUT2D eigenvalue weighted by Crippen LogP contribution is 2.21. The average molecular weight is 335 g/mol. The summed E-state index contributed by atoms with van der Waals surface area (Å²) < 4.78 is 5.27. The van der Waals surface area contributed by atoms with Gasteiger partial charge in [0.25, 0.3) is 0 Å². The molecule has 1 aromatic rings. The molecular weight excluding hydrogens is 300 g/mol. The second-order valence-electron chi connectivity index (χ2n) is 7.57. The molecule has 0 radical (unpaired) electrons. The van der Waals surface area contributed by atoms with Crippen molar-refractivity contribution in [3.8, 4) is 0 Å². The highest BCUT2D eigenvalue weighted by molar-refractivity contribution is 5.70. The van der Waals surface area contributed by atoms with E-state index < -0.39 is 11.7 Å². The lowest BCUT2D eigenvalue weighted by molar-refractivity contribution is -0.157. The highest BCUT2D eigenvalue weighted by atomic mass is 16.6.